The van der Waals surface area contributed by atoms with E-state index in [1.54, 1.807) is 16.9 Å². The zero-order valence-corrected chi connectivity index (χ0v) is 9.42. The Kier molecular flexibility index (Phi) is 2.54. The van der Waals surface area contributed by atoms with Crippen LogP contribution in [0, 0.1) is 0 Å². The van der Waals surface area contributed by atoms with Crippen LogP contribution in [0.15, 0.2) is 18.5 Å². The van der Waals surface area contributed by atoms with Gasteiger partial charge in [0, 0.05) is 18.8 Å². The van der Waals surface area contributed by atoms with E-state index in [4.69, 9.17) is 28.9 Å². The molecule has 0 saturated carbocycles. The molecule has 0 spiro atoms. The van der Waals surface area contributed by atoms with Gasteiger partial charge in [-0.2, -0.15) is 5.10 Å². The highest BCUT2D eigenvalue weighted by Crippen LogP contribution is 2.30. The molecule has 0 atom stereocenters. The third-order valence-electron chi connectivity index (χ3n) is 1.93. The van der Waals surface area contributed by atoms with Crippen LogP contribution in [-0.4, -0.2) is 14.8 Å². The summed E-state index contributed by atoms with van der Waals surface area (Å²) in [7, 11) is 1.82. The molecule has 0 aliphatic carbocycles. The first-order chi connectivity index (χ1) is 7.08. The molecular formula is C9H8Cl2N4. The maximum Gasteiger partial charge on any atom is 0.143 e. The van der Waals surface area contributed by atoms with Crippen molar-refractivity contribution >= 4 is 29.0 Å². The molecule has 0 fully saturated rings. The number of nitrogens with two attached hydrogens (primary N) is 1. The molecule has 0 saturated heterocycles. The molecular weight excluding hydrogens is 235 g/mol. The predicted octanol–water partition coefficient (Wildman–Crippen LogP) is 2.37. The van der Waals surface area contributed by atoms with Gasteiger partial charge in [0.1, 0.15) is 5.82 Å². The van der Waals surface area contributed by atoms with Gasteiger partial charge in [0.05, 0.1) is 21.9 Å². The van der Waals surface area contributed by atoms with Gasteiger partial charge in [0.25, 0.3) is 0 Å². The van der Waals surface area contributed by atoms with Crippen LogP contribution in [0.4, 0.5) is 5.82 Å². The van der Waals surface area contributed by atoms with Gasteiger partial charge < -0.3 is 5.73 Å². The number of pyridine rings is 1. The normalized spacial score (nSPS) is 10.6. The fourth-order valence-electron chi connectivity index (χ4n) is 1.23. The second-order valence-corrected chi connectivity index (χ2v) is 3.90. The van der Waals surface area contributed by atoms with Crippen molar-refractivity contribution in [2.24, 2.45) is 7.05 Å². The van der Waals surface area contributed by atoms with Crippen LogP contribution >= 0.6 is 23.2 Å². The molecule has 2 aromatic rings. The number of aromatic nitrogens is 3. The molecule has 0 radical (unpaired) electrons. The third-order valence-corrected chi connectivity index (χ3v) is 2.53. The third kappa shape index (κ3) is 1.91. The smallest absolute Gasteiger partial charge is 0.143 e. The summed E-state index contributed by atoms with van der Waals surface area (Å²) in [6, 6.07) is 1.58. The van der Waals surface area contributed by atoms with E-state index in [1.807, 2.05) is 13.2 Å². The minimum atomic E-state index is 0.264. The fourth-order valence-corrected chi connectivity index (χ4v) is 1.69. The van der Waals surface area contributed by atoms with Gasteiger partial charge in [-0.25, -0.2) is 4.98 Å². The summed E-state index contributed by atoms with van der Waals surface area (Å²) in [5.74, 6) is 0.264. The maximum absolute atomic E-state index is 6.01. The zero-order chi connectivity index (χ0) is 11.0. The quantitative estimate of drug-likeness (QED) is 0.836. The molecule has 0 unspecified atom stereocenters. The Morgan fingerprint density at radius 1 is 1.33 bits per heavy atom. The topological polar surface area (TPSA) is 56.7 Å². The molecule has 2 aromatic heterocycles. The average molecular weight is 243 g/mol. The Hall–Kier alpha value is -1.26. The van der Waals surface area contributed by atoms with Crippen molar-refractivity contribution in [1.82, 2.24) is 14.8 Å². The van der Waals surface area contributed by atoms with E-state index in [-0.39, 0.29) is 5.82 Å². The summed E-state index contributed by atoms with van der Waals surface area (Å²) in [5, 5.41) is 4.85. The first kappa shape index (κ1) is 10.3. The molecule has 0 aliphatic rings. The lowest BCUT2D eigenvalue weighted by Crippen LogP contribution is -1.94. The van der Waals surface area contributed by atoms with Gasteiger partial charge in [-0.1, -0.05) is 23.2 Å². The summed E-state index contributed by atoms with van der Waals surface area (Å²) in [5.41, 5.74) is 7.01. The highest BCUT2D eigenvalue weighted by Gasteiger charge is 2.10. The lowest BCUT2D eigenvalue weighted by atomic mass is 10.2. The van der Waals surface area contributed by atoms with E-state index in [1.165, 1.54) is 0 Å². The minimum Gasteiger partial charge on any atom is -0.382 e. The van der Waals surface area contributed by atoms with Gasteiger partial charge in [-0.15, -0.1) is 0 Å². The number of nitrogen functional groups attached to an aromatic ring is 1. The molecule has 0 bridgehead atoms. The number of nitrogens with zero attached hydrogens (tertiary/aromatic N) is 3. The highest BCUT2D eigenvalue weighted by molar-refractivity contribution is 6.37. The molecule has 4 nitrogen and oxygen atoms in total. The highest BCUT2D eigenvalue weighted by atomic mass is 35.5. The van der Waals surface area contributed by atoms with Crippen LogP contribution < -0.4 is 5.73 Å². The average Bonchev–Trinajstić information content (AvgIpc) is 2.58. The second-order valence-electron chi connectivity index (χ2n) is 3.09. The van der Waals surface area contributed by atoms with Crippen molar-refractivity contribution in [1.29, 1.82) is 0 Å². The Morgan fingerprint density at radius 2 is 2.07 bits per heavy atom. The minimum absolute atomic E-state index is 0.264. The van der Waals surface area contributed by atoms with Crippen molar-refractivity contribution in [2.75, 3.05) is 5.73 Å². The van der Waals surface area contributed by atoms with Crippen LogP contribution in [0.5, 0.6) is 0 Å². The van der Waals surface area contributed by atoms with Gasteiger partial charge >= 0.3 is 0 Å². The van der Waals surface area contributed by atoms with Gasteiger partial charge in [-0.05, 0) is 6.07 Å². The number of aryl methyl sites for hydroxylation is 1. The number of hydrogen-bond acceptors (Lipinski definition) is 3. The van der Waals surface area contributed by atoms with Crippen LogP contribution in [0.2, 0.25) is 10.0 Å². The monoisotopic (exact) mass is 242 g/mol. The van der Waals surface area contributed by atoms with Crippen LogP contribution in [0.3, 0.4) is 0 Å². The van der Waals surface area contributed by atoms with E-state index < -0.39 is 0 Å². The van der Waals surface area contributed by atoms with Crippen molar-refractivity contribution in [3.63, 3.8) is 0 Å². The maximum atomic E-state index is 6.01. The van der Waals surface area contributed by atoms with Gasteiger partial charge in [-0.3, -0.25) is 4.68 Å². The predicted molar refractivity (Wildman–Crippen MR) is 60.9 cm³/mol. The van der Waals surface area contributed by atoms with E-state index in [2.05, 4.69) is 10.1 Å². The SMILES string of the molecule is Cn1cc(-c2nc(N)c(Cl)cc2Cl)cn1. The van der Waals surface area contributed by atoms with Gasteiger partial charge in [0.2, 0.25) is 0 Å². The molecule has 2 rings (SSSR count). The zero-order valence-electron chi connectivity index (χ0n) is 7.91. The standard InChI is InChI=1S/C9H8Cl2N4/c1-15-4-5(3-13-15)8-6(10)2-7(11)9(12)14-8/h2-4H,1H3,(H2,12,14). The second kappa shape index (κ2) is 3.72. The van der Waals surface area contributed by atoms with E-state index in [0.717, 1.165) is 5.56 Å². The number of halogens is 2. The van der Waals surface area contributed by atoms with Crippen LogP contribution in [0.1, 0.15) is 0 Å². The van der Waals surface area contributed by atoms with Crippen molar-refractivity contribution in [3.8, 4) is 11.3 Å². The Bertz CT molecular complexity index is 507. The summed E-state index contributed by atoms with van der Waals surface area (Å²) >= 11 is 11.8. The van der Waals surface area contributed by atoms with Crippen molar-refractivity contribution in [3.05, 3.63) is 28.5 Å². The lowest BCUT2D eigenvalue weighted by molar-refractivity contribution is 0.768. The van der Waals surface area contributed by atoms with E-state index in [0.29, 0.717) is 15.7 Å². The summed E-state index contributed by atoms with van der Waals surface area (Å²) < 4.78 is 1.66. The molecule has 6 heteroatoms. The van der Waals surface area contributed by atoms with Crippen LogP contribution in [-0.2, 0) is 7.05 Å². The molecule has 2 heterocycles. The molecule has 0 aliphatic heterocycles. The first-order valence-electron chi connectivity index (χ1n) is 4.18. The first-order valence-corrected chi connectivity index (χ1v) is 4.94. The van der Waals surface area contributed by atoms with Gasteiger partial charge in [0.15, 0.2) is 0 Å². The molecule has 0 amide bonds. The number of anilines is 1. The van der Waals surface area contributed by atoms with Crippen molar-refractivity contribution < 1.29 is 0 Å². The summed E-state index contributed by atoms with van der Waals surface area (Å²) in [4.78, 5) is 4.12. The van der Waals surface area contributed by atoms with Crippen molar-refractivity contribution in [2.45, 2.75) is 0 Å². The Balaban J connectivity index is 2.58. The Labute approximate surface area is 96.6 Å². The fraction of sp³-hybridized carbons (Fsp3) is 0.111. The molecule has 15 heavy (non-hydrogen) atoms. The molecule has 0 aromatic carbocycles. The summed E-state index contributed by atoms with van der Waals surface area (Å²) in [6.45, 7) is 0. The van der Waals surface area contributed by atoms with E-state index >= 15 is 0 Å². The molecule has 78 valence electrons. The largest absolute Gasteiger partial charge is 0.382 e. The lowest BCUT2D eigenvalue weighted by Gasteiger charge is -2.03. The number of rotatable bonds is 1. The molecule has 2 N–H and O–H groups in total. The Morgan fingerprint density at radius 3 is 2.67 bits per heavy atom. The van der Waals surface area contributed by atoms with Crippen LogP contribution in [0.25, 0.3) is 11.3 Å². The van der Waals surface area contributed by atoms with E-state index in [9.17, 15) is 0 Å². The summed E-state index contributed by atoms with van der Waals surface area (Å²) in [6.07, 6.45) is 3.48. The number of hydrogen-bond donors (Lipinski definition) is 1.